The van der Waals surface area contributed by atoms with E-state index in [0.717, 1.165) is 51.5 Å². The molecule has 3 aromatic carbocycles. The predicted octanol–water partition coefficient (Wildman–Crippen LogP) is 10.2. The Bertz CT molecular complexity index is 2040. The molecule has 0 N–H and O–H groups in total. The Hall–Kier alpha value is -4.60. The van der Waals surface area contributed by atoms with Gasteiger partial charge in [-0.3, -0.25) is 9.97 Å². The molecule has 0 atom stereocenters. The number of benzene rings is 3. The van der Waals surface area contributed by atoms with Gasteiger partial charge in [-0.15, -0.1) is 71.8 Å². The second-order valence-corrected chi connectivity index (χ2v) is 12.3. The van der Waals surface area contributed by atoms with Crippen LogP contribution >= 0.6 is 0 Å². The molecule has 50 heavy (non-hydrogen) atoms. The fourth-order valence-electron chi connectivity index (χ4n) is 4.96. The number of hydrogen-bond acceptors (Lipinski definition) is 5. The Kier molecular flexibility index (Phi) is 14.1. The maximum atomic E-state index is 5.93. The third kappa shape index (κ3) is 11.0. The zero-order valence-electron chi connectivity index (χ0n) is 27.8. The maximum Gasteiger partial charge on any atom is 2.00 e. The summed E-state index contributed by atoms with van der Waals surface area (Å²) in [4.78, 5) is 18.0. The van der Waals surface area contributed by atoms with E-state index < -0.39 is 0 Å². The first kappa shape index (κ1) is 38.2. The molecule has 0 bridgehead atoms. The van der Waals surface area contributed by atoms with Crippen molar-refractivity contribution in [2.45, 2.75) is 27.2 Å². The monoisotopic (exact) mass is 1010 g/mol. The number of rotatable bonds is 7. The van der Waals surface area contributed by atoms with Crippen LogP contribution in [0.5, 0.6) is 11.8 Å². The summed E-state index contributed by atoms with van der Waals surface area (Å²) >= 11 is 0. The average Bonchev–Trinajstić information content (AvgIpc) is 3.13. The van der Waals surface area contributed by atoms with E-state index in [-0.39, 0.29) is 41.2 Å². The van der Waals surface area contributed by atoms with Gasteiger partial charge in [0.05, 0.1) is 0 Å². The minimum atomic E-state index is 0. The molecule has 1 radical (unpaired) electrons. The zero-order valence-corrected chi connectivity index (χ0v) is 32.5. The van der Waals surface area contributed by atoms with Crippen molar-refractivity contribution in [2.24, 2.45) is 5.41 Å². The van der Waals surface area contributed by atoms with E-state index in [1.807, 2.05) is 115 Å². The minimum Gasteiger partial charge on any atom is -0.422 e. The third-order valence-electron chi connectivity index (χ3n) is 7.15. The van der Waals surface area contributed by atoms with Gasteiger partial charge >= 0.3 is 21.1 Å². The molecule has 0 unspecified atom stereocenters. The van der Waals surface area contributed by atoms with Crippen molar-refractivity contribution in [3.8, 4) is 56.8 Å². The van der Waals surface area contributed by atoms with Crippen LogP contribution in [-0.2, 0) is 47.6 Å². The van der Waals surface area contributed by atoms with Gasteiger partial charge in [-0.25, -0.2) is 35.4 Å². The van der Waals surface area contributed by atoms with Gasteiger partial charge in [0.1, 0.15) is 0 Å². The fourth-order valence-corrected chi connectivity index (χ4v) is 4.96. The Morgan fingerprint density at radius 2 is 1.08 bits per heavy atom. The molecular weight excluding hydrogens is 976 g/mol. The van der Waals surface area contributed by atoms with Crippen LogP contribution in [0.2, 0.25) is 0 Å². The molecule has 4 heterocycles. The molecule has 0 amide bonds. The van der Waals surface area contributed by atoms with Crippen LogP contribution in [0.3, 0.4) is 0 Å². The largest absolute Gasteiger partial charge is 2.00 e. The Morgan fingerprint density at radius 3 is 1.58 bits per heavy atom. The Balaban J connectivity index is 0.000000253. The second kappa shape index (κ2) is 18.4. The van der Waals surface area contributed by atoms with E-state index in [1.165, 1.54) is 5.56 Å². The third-order valence-corrected chi connectivity index (χ3v) is 7.15. The number of aromatic nitrogens is 4. The summed E-state index contributed by atoms with van der Waals surface area (Å²) in [7, 11) is 0. The molecular formula is C43H34IrN4OPt-2. The molecule has 7 heteroatoms. The molecule has 7 rings (SSSR count). The topological polar surface area (TPSA) is 60.8 Å². The zero-order chi connectivity index (χ0) is 33.2. The van der Waals surface area contributed by atoms with Gasteiger partial charge in [-0.05, 0) is 52.7 Å². The summed E-state index contributed by atoms with van der Waals surface area (Å²) in [5, 5.41) is 0. The van der Waals surface area contributed by atoms with E-state index in [0.29, 0.717) is 17.2 Å². The normalized spacial score (nSPS) is 10.5. The predicted molar refractivity (Wildman–Crippen MR) is 191 cm³/mol. The van der Waals surface area contributed by atoms with Gasteiger partial charge in [-0.1, -0.05) is 75.0 Å². The van der Waals surface area contributed by atoms with Crippen LogP contribution in [0, 0.1) is 29.7 Å². The van der Waals surface area contributed by atoms with E-state index in [1.54, 1.807) is 12.3 Å². The van der Waals surface area contributed by atoms with Gasteiger partial charge in [0.15, 0.2) is 0 Å². The number of nitrogens with zero attached hydrogens (tertiary/aromatic N) is 4. The van der Waals surface area contributed by atoms with Crippen LogP contribution in [0.25, 0.3) is 45.0 Å². The van der Waals surface area contributed by atoms with Crippen molar-refractivity contribution in [3.63, 3.8) is 0 Å². The minimum absolute atomic E-state index is 0. The molecule has 253 valence electrons. The molecule has 0 saturated carbocycles. The van der Waals surface area contributed by atoms with Crippen molar-refractivity contribution in [1.29, 1.82) is 0 Å². The van der Waals surface area contributed by atoms with Gasteiger partial charge in [0, 0.05) is 32.5 Å². The molecule has 0 aliphatic heterocycles. The summed E-state index contributed by atoms with van der Waals surface area (Å²) in [6.07, 6.45) is 4.79. The SMILES string of the molecule is CC(C)(C)Cc1ccc(-c2[c-]cccc2)nc1.[Ir].[Pt+2].[c-]1cc(-c2cccc(Oc3cccc(-c4[c-]cccc4)n3)n2)[c-]cc1-c1ccccn1. The van der Waals surface area contributed by atoms with Crippen molar-refractivity contribution in [2.75, 3.05) is 0 Å². The van der Waals surface area contributed by atoms with E-state index in [4.69, 9.17) is 4.74 Å². The van der Waals surface area contributed by atoms with Crippen LogP contribution < -0.4 is 4.74 Å². The molecule has 0 spiro atoms. The first-order valence-corrected chi connectivity index (χ1v) is 15.8. The number of ether oxygens (including phenoxy) is 1. The van der Waals surface area contributed by atoms with E-state index in [2.05, 4.69) is 77.1 Å². The summed E-state index contributed by atoms with van der Waals surface area (Å²) in [6, 6.07) is 53.5. The van der Waals surface area contributed by atoms with Gasteiger partial charge in [0.25, 0.3) is 0 Å². The standard InChI is InChI=1S/C27H16N3O.C16H18N.Ir.Pt/c1-2-8-20(9-3-1)24-11-6-13-26(29-24)31-27-14-7-12-25(30-27)22-17-15-21(16-18-22)23-10-4-5-19-28-23;1-16(2,3)11-13-9-10-15(17-12-13)14-7-5-4-6-8-14;;/h1-8,10-15,18-19H;4-7,9-10,12H,11H2,1-3H3;;/q-3;-1;;+2. The van der Waals surface area contributed by atoms with Crippen molar-refractivity contribution in [1.82, 2.24) is 19.9 Å². The molecule has 0 saturated heterocycles. The molecule has 0 aliphatic rings. The van der Waals surface area contributed by atoms with Crippen molar-refractivity contribution in [3.05, 3.63) is 170 Å². The quantitative estimate of drug-likeness (QED) is 0.149. The summed E-state index contributed by atoms with van der Waals surface area (Å²) in [6.45, 7) is 6.73. The van der Waals surface area contributed by atoms with Gasteiger partial charge in [0.2, 0.25) is 11.8 Å². The summed E-state index contributed by atoms with van der Waals surface area (Å²) in [5.74, 6) is 0.932. The fraction of sp³-hybridized carbons (Fsp3) is 0.116. The second-order valence-electron chi connectivity index (χ2n) is 12.3. The summed E-state index contributed by atoms with van der Waals surface area (Å²) in [5.41, 5.74) is 8.65. The smallest absolute Gasteiger partial charge is 0.422 e. The van der Waals surface area contributed by atoms with Crippen LogP contribution in [0.4, 0.5) is 0 Å². The van der Waals surface area contributed by atoms with Crippen LogP contribution in [-0.4, -0.2) is 19.9 Å². The molecule has 0 aliphatic carbocycles. The first-order chi connectivity index (χ1) is 23.4. The summed E-state index contributed by atoms with van der Waals surface area (Å²) < 4.78 is 5.93. The molecule has 7 aromatic rings. The Morgan fingerprint density at radius 1 is 0.540 bits per heavy atom. The van der Waals surface area contributed by atoms with E-state index in [9.17, 15) is 0 Å². The van der Waals surface area contributed by atoms with Crippen molar-refractivity contribution >= 4 is 0 Å². The first-order valence-electron chi connectivity index (χ1n) is 15.8. The molecule has 5 nitrogen and oxygen atoms in total. The van der Waals surface area contributed by atoms with Crippen LogP contribution in [0.1, 0.15) is 26.3 Å². The number of pyridine rings is 4. The Labute approximate surface area is 322 Å². The van der Waals surface area contributed by atoms with Gasteiger partial charge in [-0.2, -0.15) is 0 Å². The number of hydrogen-bond donors (Lipinski definition) is 0. The average molecular weight is 1010 g/mol. The molecule has 4 aromatic heterocycles. The van der Waals surface area contributed by atoms with Crippen molar-refractivity contribution < 1.29 is 45.9 Å². The van der Waals surface area contributed by atoms with Gasteiger partial charge < -0.3 is 14.7 Å². The van der Waals surface area contributed by atoms with E-state index >= 15 is 0 Å². The maximum absolute atomic E-state index is 5.93. The van der Waals surface area contributed by atoms with Crippen LogP contribution in [0.15, 0.2) is 140 Å². The molecule has 0 fully saturated rings.